The van der Waals surface area contributed by atoms with E-state index in [0.29, 0.717) is 24.0 Å². The third-order valence-corrected chi connectivity index (χ3v) is 4.86. The molecule has 1 aromatic carbocycles. The summed E-state index contributed by atoms with van der Waals surface area (Å²) in [6.45, 7) is 8.89. The van der Waals surface area contributed by atoms with Crippen molar-refractivity contribution in [2.45, 2.75) is 45.9 Å². The number of benzene rings is 1. The number of morpholine rings is 1. The second-order valence-electron chi connectivity index (χ2n) is 7.16. The quantitative estimate of drug-likeness (QED) is 0.766. The molecule has 3 atom stereocenters. The summed E-state index contributed by atoms with van der Waals surface area (Å²) in [6.07, 6.45) is 0.0487. The monoisotopic (exact) mass is 391 g/mol. The third-order valence-electron chi connectivity index (χ3n) is 4.86. The SMILES string of the molecule is CCOC(=O)c1[nH]c2ccc(F)cc2c1NC(=O)[C@@H](C)N1C[C@@H](C)O[C@@H](C)C1. The van der Waals surface area contributed by atoms with Gasteiger partial charge in [-0.25, -0.2) is 9.18 Å². The molecule has 0 aliphatic carbocycles. The van der Waals surface area contributed by atoms with Crippen LogP contribution in [-0.2, 0) is 14.3 Å². The van der Waals surface area contributed by atoms with Crippen LogP contribution in [0.3, 0.4) is 0 Å². The summed E-state index contributed by atoms with van der Waals surface area (Å²) < 4.78 is 24.6. The van der Waals surface area contributed by atoms with Crippen molar-refractivity contribution in [3.63, 3.8) is 0 Å². The number of ether oxygens (including phenoxy) is 2. The zero-order valence-corrected chi connectivity index (χ0v) is 16.5. The maximum absolute atomic E-state index is 13.8. The van der Waals surface area contributed by atoms with E-state index in [2.05, 4.69) is 10.3 Å². The van der Waals surface area contributed by atoms with Gasteiger partial charge in [-0.05, 0) is 45.9 Å². The molecule has 1 fully saturated rings. The van der Waals surface area contributed by atoms with Crippen LogP contribution in [0.15, 0.2) is 18.2 Å². The van der Waals surface area contributed by atoms with Crippen molar-refractivity contribution in [2.75, 3.05) is 25.0 Å². The number of fused-ring (bicyclic) bond motifs is 1. The topological polar surface area (TPSA) is 83.7 Å². The minimum absolute atomic E-state index is 0.0243. The fourth-order valence-electron chi connectivity index (χ4n) is 3.58. The van der Waals surface area contributed by atoms with Gasteiger partial charge in [0.1, 0.15) is 11.5 Å². The van der Waals surface area contributed by atoms with Crippen LogP contribution in [0.4, 0.5) is 10.1 Å². The molecule has 2 aromatic rings. The number of carbonyl (C=O) groups is 2. The summed E-state index contributed by atoms with van der Waals surface area (Å²) in [4.78, 5) is 30.2. The van der Waals surface area contributed by atoms with Gasteiger partial charge in [0, 0.05) is 24.0 Å². The van der Waals surface area contributed by atoms with Gasteiger partial charge >= 0.3 is 5.97 Å². The van der Waals surface area contributed by atoms with E-state index in [1.54, 1.807) is 13.8 Å². The zero-order valence-electron chi connectivity index (χ0n) is 16.5. The number of aromatic nitrogens is 1. The standard InChI is InChI=1S/C20H26FN3O4/c1-5-27-20(26)18-17(15-8-14(21)6-7-16(15)22-18)23-19(25)13(4)24-9-11(2)28-12(3)10-24/h6-8,11-13,22H,5,9-10H2,1-4H3,(H,23,25)/t11-,12+,13-/m1/s1. The molecule has 1 aromatic heterocycles. The Kier molecular flexibility index (Phi) is 6.00. The average molecular weight is 391 g/mol. The number of anilines is 1. The van der Waals surface area contributed by atoms with Crippen LogP contribution >= 0.6 is 0 Å². The minimum Gasteiger partial charge on any atom is -0.461 e. The number of H-pyrrole nitrogens is 1. The van der Waals surface area contributed by atoms with Crippen LogP contribution in [-0.4, -0.2) is 59.7 Å². The summed E-state index contributed by atoms with van der Waals surface area (Å²) in [7, 11) is 0. The molecule has 1 aliphatic rings. The number of halogens is 1. The second-order valence-corrected chi connectivity index (χ2v) is 7.16. The molecule has 7 nitrogen and oxygen atoms in total. The van der Waals surface area contributed by atoms with Crippen LogP contribution in [0.5, 0.6) is 0 Å². The number of esters is 1. The first-order chi connectivity index (χ1) is 13.3. The molecule has 3 rings (SSSR count). The lowest BCUT2D eigenvalue weighted by Crippen LogP contribution is -2.52. The van der Waals surface area contributed by atoms with Crippen molar-refractivity contribution in [1.82, 2.24) is 9.88 Å². The lowest BCUT2D eigenvalue weighted by Gasteiger charge is -2.38. The summed E-state index contributed by atoms with van der Waals surface area (Å²) >= 11 is 0. The maximum atomic E-state index is 13.8. The second kappa shape index (κ2) is 8.28. The maximum Gasteiger partial charge on any atom is 0.356 e. The van der Waals surface area contributed by atoms with Crippen molar-refractivity contribution >= 4 is 28.5 Å². The number of nitrogens with one attached hydrogen (secondary N) is 2. The molecule has 2 heterocycles. The van der Waals surface area contributed by atoms with E-state index in [4.69, 9.17) is 9.47 Å². The van der Waals surface area contributed by atoms with Gasteiger partial charge in [0.25, 0.3) is 0 Å². The van der Waals surface area contributed by atoms with E-state index >= 15 is 0 Å². The van der Waals surface area contributed by atoms with Crippen molar-refractivity contribution in [2.24, 2.45) is 0 Å². The molecule has 0 spiro atoms. The normalized spacial score (nSPS) is 21.5. The van der Waals surface area contributed by atoms with E-state index in [1.807, 2.05) is 18.7 Å². The Bertz CT molecular complexity index is 872. The Hall–Kier alpha value is -2.45. The molecule has 1 saturated heterocycles. The smallest absolute Gasteiger partial charge is 0.356 e. The van der Waals surface area contributed by atoms with Gasteiger partial charge in [-0.15, -0.1) is 0 Å². The predicted molar refractivity (Wildman–Crippen MR) is 104 cm³/mol. The summed E-state index contributed by atoms with van der Waals surface area (Å²) in [6, 6.07) is 3.66. The molecule has 28 heavy (non-hydrogen) atoms. The first-order valence-corrected chi connectivity index (χ1v) is 9.48. The fraction of sp³-hybridized carbons (Fsp3) is 0.500. The number of amides is 1. The summed E-state index contributed by atoms with van der Waals surface area (Å²) in [5, 5.41) is 3.23. The Morgan fingerprint density at radius 3 is 2.68 bits per heavy atom. The van der Waals surface area contributed by atoms with Crippen LogP contribution in [0.2, 0.25) is 0 Å². The number of hydrogen-bond acceptors (Lipinski definition) is 5. The molecule has 2 N–H and O–H groups in total. The molecule has 1 amide bonds. The zero-order chi connectivity index (χ0) is 20.4. The van der Waals surface area contributed by atoms with Crippen molar-refractivity contribution in [3.8, 4) is 0 Å². The van der Waals surface area contributed by atoms with Gasteiger partial charge < -0.3 is 19.8 Å². The van der Waals surface area contributed by atoms with Crippen LogP contribution < -0.4 is 5.32 Å². The van der Waals surface area contributed by atoms with E-state index < -0.39 is 17.8 Å². The molecule has 0 radical (unpaired) electrons. The minimum atomic E-state index is -0.601. The number of nitrogens with zero attached hydrogens (tertiary/aromatic N) is 1. The van der Waals surface area contributed by atoms with Crippen molar-refractivity contribution < 1.29 is 23.5 Å². The van der Waals surface area contributed by atoms with Gasteiger partial charge in [0.15, 0.2) is 0 Å². The van der Waals surface area contributed by atoms with E-state index in [1.165, 1.54) is 18.2 Å². The number of hydrogen-bond donors (Lipinski definition) is 2. The van der Waals surface area contributed by atoms with Gasteiger partial charge in [-0.2, -0.15) is 0 Å². The van der Waals surface area contributed by atoms with E-state index in [0.717, 1.165) is 0 Å². The first-order valence-electron chi connectivity index (χ1n) is 9.48. The molecule has 0 unspecified atom stereocenters. The molecular formula is C20H26FN3O4. The highest BCUT2D eigenvalue weighted by molar-refractivity contribution is 6.11. The molecule has 8 heteroatoms. The molecule has 1 aliphatic heterocycles. The third kappa shape index (κ3) is 4.18. The number of rotatable bonds is 5. The van der Waals surface area contributed by atoms with E-state index in [9.17, 15) is 14.0 Å². The van der Waals surface area contributed by atoms with Crippen LogP contribution in [0.1, 0.15) is 38.2 Å². The summed E-state index contributed by atoms with van der Waals surface area (Å²) in [5.41, 5.74) is 0.881. The Balaban J connectivity index is 1.89. The highest BCUT2D eigenvalue weighted by atomic mass is 19.1. The van der Waals surface area contributed by atoms with Gasteiger partial charge in [0.05, 0.1) is 30.5 Å². The lowest BCUT2D eigenvalue weighted by molar-refractivity contribution is -0.126. The number of aromatic amines is 1. The largest absolute Gasteiger partial charge is 0.461 e. The van der Waals surface area contributed by atoms with Crippen molar-refractivity contribution in [3.05, 3.63) is 29.7 Å². The van der Waals surface area contributed by atoms with E-state index in [-0.39, 0.29) is 36.1 Å². The lowest BCUT2D eigenvalue weighted by atomic mass is 10.1. The number of carbonyl (C=O) groups excluding carboxylic acids is 2. The highest BCUT2D eigenvalue weighted by Crippen LogP contribution is 2.29. The van der Waals surface area contributed by atoms with Crippen LogP contribution in [0.25, 0.3) is 10.9 Å². The predicted octanol–water partition coefficient (Wildman–Crippen LogP) is 2.92. The molecule has 152 valence electrons. The van der Waals surface area contributed by atoms with Gasteiger partial charge in [-0.3, -0.25) is 9.69 Å². The Morgan fingerprint density at radius 1 is 1.36 bits per heavy atom. The Morgan fingerprint density at radius 2 is 2.04 bits per heavy atom. The van der Waals surface area contributed by atoms with Crippen LogP contribution in [0, 0.1) is 5.82 Å². The summed E-state index contributed by atoms with van der Waals surface area (Å²) in [5.74, 6) is -1.34. The average Bonchev–Trinajstić information content (AvgIpc) is 2.98. The van der Waals surface area contributed by atoms with Crippen molar-refractivity contribution in [1.29, 1.82) is 0 Å². The Labute approximate surface area is 163 Å². The highest BCUT2D eigenvalue weighted by Gasteiger charge is 2.30. The fourth-order valence-corrected chi connectivity index (χ4v) is 3.58. The first kappa shape index (κ1) is 20.3. The van der Waals surface area contributed by atoms with Gasteiger partial charge in [0.2, 0.25) is 5.91 Å². The molecular weight excluding hydrogens is 365 g/mol. The molecule has 0 saturated carbocycles. The van der Waals surface area contributed by atoms with Gasteiger partial charge in [-0.1, -0.05) is 0 Å². The molecule has 0 bridgehead atoms.